The highest BCUT2D eigenvalue weighted by atomic mass is 14.9. The van der Waals surface area contributed by atoms with Crippen molar-refractivity contribution >= 4 is 0 Å². The first-order valence-electron chi connectivity index (χ1n) is 4.20. The van der Waals surface area contributed by atoms with Crippen molar-refractivity contribution in [1.82, 2.24) is 5.32 Å². The molecule has 1 aliphatic heterocycles. The van der Waals surface area contributed by atoms with Gasteiger partial charge in [0.05, 0.1) is 0 Å². The van der Waals surface area contributed by atoms with Gasteiger partial charge >= 0.3 is 0 Å². The van der Waals surface area contributed by atoms with Gasteiger partial charge in [-0.15, -0.1) is 0 Å². The van der Waals surface area contributed by atoms with Crippen molar-refractivity contribution in [1.29, 1.82) is 0 Å². The quantitative estimate of drug-likeness (QED) is 0.526. The molecule has 1 heterocycles. The zero-order chi connectivity index (χ0) is 7.45. The highest BCUT2D eigenvalue weighted by Gasteiger charge is 2.18. The lowest BCUT2D eigenvalue weighted by atomic mass is 9.94. The summed E-state index contributed by atoms with van der Waals surface area (Å²) in [6.07, 6.45) is 5.12. The molecule has 1 aliphatic rings. The molecule has 0 bridgehead atoms. The number of nitrogens with two attached hydrogens (primary N) is 1. The smallest absolute Gasteiger partial charge is 0.0252 e. The van der Waals surface area contributed by atoms with E-state index in [4.69, 9.17) is 5.73 Å². The van der Waals surface area contributed by atoms with Crippen molar-refractivity contribution in [3.63, 3.8) is 0 Å². The molecule has 0 aliphatic carbocycles. The van der Waals surface area contributed by atoms with Gasteiger partial charge in [0, 0.05) is 12.1 Å². The van der Waals surface area contributed by atoms with Crippen LogP contribution in [-0.4, -0.2) is 18.6 Å². The van der Waals surface area contributed by atoms with E-state index in [9.17, 15) is 0 Å². The third-order valence-corrected chi connectivity index (χ3v) is 2.13. The van der Waals surface area contributed by atoms with Crippen molar-refractivity contribution in [2.75, 3.05) is 13.1 Å². The monoisotopic (exact) mass is 142 g/mol. The van der Waals surface area contributed by atoms with Gasteiger partial charge in [-0.3, -0.25) is 0 Å². The van der Waals surface area contributed by atoms with Crippen LogP contribution in [0, 0.1) is 0 Å². The summed E-state index contributed by atoms with van der Waals surface area (Å²) >= 11 is 0. The molecule has 0 spiro atoms. The Balaban J connectivity index is 2.30. The first-order chi connectivity index (χ1) is 4.71. The number of hydrogen-bond acceptors (Lipinski definition) is 2. The minimum absolute atomic E-state index is 0.0421. The molecule has 1 atom stereocenters. The highest BCUT2D eigenvalue weighted by molar-refractivity contribution is 4.82. The maximum absolute atomic E-state index is 5.98. The van der Waals surface area contributed by atoms with Gasteiger partial charge in [-0.2, -0.15) is 0 Å². The van der Waals surface area contributed by atoms with Crippen molar-refractivity contribution < 1.29 is 0 Å². The van der Waals surface area contributed by atoms with Crippen molar-refractivity contribution in [3.05, 3.63) is 0 Å². The fourth-order valence-electron chi connectivity index (χ4n) is 1.42. The maximum atomic E-state index is 5.98. The van der Waals surface area contributed by atoms with E-state index in [1.54, 1.807) is 0 Å². The molecular formula is C8H18N2. The topological polar surface area (TPSA) is 38.0 Å². The normalized spacial score (nSPS) is 36.6. The molecule has 1 saturated heterocycles. The van der Waals surface area contributed by atoms with Crippen molar-refractivity contribution in [2.24, 2.45) is 5.73 Å². The van der Waals surface area contributed by atoms with E-state index in [0.29, 0.717) is 0 Å². The number of rotatable bonds is 0. The second kappa shape index (κ2) is 3.35. The lowest BCUT2D eigenvalue weighted by Crippen LogP contribution is -2.47. The highest BCUT2D eigenvalue weighted by Crippen LogP contribution is 2.12. The van der Waals surface area contributed by atoms with Crippen molar-refractivity contribution in [3.8, 4) is 0 Å². The summed E-state index contributed by atoms with van der Waals surface area (Å²) < 4.78 is 0. The Hall–Kier alpha value is -0.0800. The van der Waals surface area contributed by atoms with E-state index < -0.39 is 0 Å². The third kappa shape index (κ3) is 2.67. The third-order valence-electron chi connectivity index (χ3n) is 2.13. The van der Waals surface area contributed by atoms with Crippen LogP contribution in [0.5, 0.6) is 0 Å². The predicted molar refractivity (Wildman–Crippen MR) is 43.9 cm³/mol. The molecule has 0 aromatic heterocycles. The summed E-state index contributed by atoms with van der Waals surface area (Å²) in [5, 5.41) is 3.35. The summed E-state index contributed by atoms with van der Waals surface area (Å²) in [6.45, 7) is 4.26. The van der Waals surface area contributed by atoms with Gasteiger partial charge in [-0.25, -0.2) is 0 Å². The standard InChI is InChI=1S/C8H18N2/c1-8(9)5-3-2-4-6-10-7-8/h10H,2-7,9H2,1H3. The minimum atomic E-state index is 0.0421. The first-order valence-corrected chi connectivity index (χ1v) is 4.20. The molecule has 0 aromatic carbocycles. The minimum Gasteiger partial charge on any atom is -0.324 e. The summed E-state index contributed by atoms with van der Waals surface area (Å²) in [5.41, 5.74) is 6.03. The molecule has 1 fully saturated rings. The van der Waals surface area contributed by atoms with Gasteiger partial charge < -0.3 is 11.1 Å². The molecule has 1 unspecified atom stereocenters. The molecule has 0 saturated carbocycles. The van der Waals surface area contributed by atoms with Gasteiger partial charge in [0.25, 0.3) is 0 Å². The Morgan fingerprint density at radius 2 is 2.10 bits per heavy atom. The Labute approximate surface area is 63.2 Å². The lowest BCUT2D eigenvalue weighted by molar-refractivity contribution is 0.359. The van der Waals surface area contributed by atoms with Crippen LogP contribution in [0.25, 0.3) is 0 Å². The lowest BCUT2D eigenvalue weighted by Gasteiger charge is -2.27. The van der Waals surface area contributed by atoms with Crippen LogP contribution in [-0.2, 0) is 0 Å². The zero-order valence-electron chi connectivity index (χ0n) is 6.82. The van der Waals surface area contributed by atoms with E-state index in [2.05, 4.69) is 12.2 Å². The van der Waals surface area contributed by atoms with Gasteiger partial charge in [0.1, 0.15) is 0 Å². The van der Waals surface area contributed by atoms with Crippen LogP contribution in [0.15, 0.2) is 0 Å². The fraction of sp³-hybridized carbons (Fsp3) is 1.00. The molecular weight excluding hydrogens is 124 g/mol. The summed E-state index contributed by atoms with van der Waals surface area (Å²) in [5.74, 6) is 0. The van der Waals surface area contributed by atoms with Gasteiger partial charge in [-0.05, 0) is 26.3 Å². The molecule has 0 radical (unpaired) electrons. The van der Waals surface area contributed by atoms with Crippen LogP contribution in [0.3, 0.4) is 0 Å². The van der Waals surface area contributed by atoms with E-state index in [1.165, 1.54) is 25.7 Å². The molecule has 0 aromatic rings. The zero-order valence-corrected chi connectivity index (χ0v) is 6.82. The van der Waals surface area contributed by atoms with E-state index in [-0.39, 0.29) is 5.54 Å². The SMILES string of the molecule is CC1(N)CCCCCNC1. The van der Waals surface area contributed by atoms with Crippen LogP contribution in [0.2, 0.25) is 0 Å². The van der Waals surface area contributed by atoms with Crippen LogP contribution in [0.1, 0.15) is 32.6 Å². The Morgan fingerprint density at radius 3 is 2.90 bits per heavy atom. The van der Waals surface area contributed by atoms with Crippen LogP contribution < -0.4 is 11.1 Å². The molecule has 2 nitrogen and oxygen atoms in total. The van der Waals surface area contributed by atoms with E-state index >= 15 is 0 Å². The maximum Gasteiger partial charge on any atom is 0.0252 e. The Morgan fingerprint density at radius 1 is 1.30 bits per heavy atom. The summed E-state index contributed by atoms with van der Waals surface area (Å²) in [4.78, 5) is 0. The fourth-order valence-corrected chi connectivity index (χ4v) is 1.42. The predicted octanol–water partition coefficient (Wildman–Crippen LogP) is 0.867. The van der Waals surface area contributed by atoms with Gasteiger partial charge in [-0.1, -0.05) is 12.8 Å². The number of hydrogen-bond donors (Lipinski definition) is 2. The molecule has 3 N–H and O–H groups in total. The van der Waals surface area contributed by atoms with E-state index in [0.717, 1.165) is 13.1 Å². The Kier molecular flexibility index (Phi) is 2.69. The molecule has 1 rings (SSSR count). The van der Waals surface area contributed by atoms with Crippen molar-refractivity contribution in [2.45, 2.75) is 38.1 Å². The average Bonchev–Trinajstić information content (AvgIpc) is 1.81. The molecule has 0 amide bonds. The second-order valence-electron chi connectivity index (χ2n) is 3.64. The van der Waals surface area contributed by atoms with Crippen LogP contribution in [0.4, 0.5) is 0 Å². The largest absolute Gasteiger partial charge is 0.324 e. The Bertz CT molecular complexity index is 89.4. The second-order valence-corrected chi connectivity index (χ2v) is 3.64. The molecule has 2 heteroatoms. The summed E-state index contributed by atoms with van der Waals surface area (Å²) in [7, 11) is 0. The molecule has 60 valence electrons. The van der Waals surface area contributed by atoms with Gasteiger partial charge in [0.15, 0.2) is 0 Å². The molecule has 10 heavy (non-hydrogen) atoms. The summed E-state index contributed by atoms with van der Waals surface area (Å²) in [6, 6.07) is 0. The first kappa shape index (κ1) is 8.02. The number of nitrogens with one attached hydrogen (secondary N) is 1. The average molecular weight is 142 g/mol. The van der Waals surface area contributed by atoms with Crippen LogP contribution >= 0.6 is 0 Å². The van der Waals surface area contributed by atoms with Gasteiger partial charge in [0.2, 0.25) is 0 Å². The van der Waals surface area contributed by atoms with E-state index in [1.807, 2.05) is 0 Å².